The lowest BCUT2D eigenvalue weighted by Gasteiger charge is -2.32. The minimum absolute atomic E-state index is 0.0220. The SMILES string of the molecule is COc1ccc(C2=NN(C(=O)CN(CCN3CCOCC3)C(=O)CC(C)(C)C)[C@@H](c3ccc(C)cc3)C2)c(OC)c1. The minimum Gasteiger partial charge on any atom is -0.497 e. The van der Waals surface area contributed by atoms with Crippen molar-refractivity contribution >= 4 is 17.5 Å². The highest BCUT2D eigenvalue weighted by molar-refractivity contribution is 6.05. The first kappa shape index (κ1) is 30.5. The van der Waals surface area contributed by atoms with Crippen LogP contribution in [0.15, 0.2) is 47.6 Å². The summed E-state index contributed by atoms with van der Waals surface area (Å²) in [4.78, 5) is 31.4. The molecule has 41 heavy (non-hydrogen) atoms. The molecular formula is C32H44N4O5. The molecule has 2 heterocycles. The van der Waals surface area contributed by atoms with Gasteiger partial charge in [-0.1, -0.05) is 50.6 Å². The largest absolute Gasteiger partial charge is 0.497 e. The van der Waals surface area contributed by atoms with Crippen LogP contribution in [0, 0.1) is 12.3 Å². The van der Waals surface area contributed by atoms with E-state index < -0.39 is 0 Å². The quantitative estimate of drug-likeness (QED) is 0.428. The van der Waals surface area contributed by atoms with Gasteiger partial charge in [-0.2, -0.15) is 5.10 Å². The fourth-order valence-electron chi connectivity index (χ4n) is 5.17. The molecule has 2 aromatic carbocycles. The van der Waals surface area contributed by atoms with Gasteiger partial charge in [-0.3, -0.25) is 14.5 Å². The number of methoxy groups -OCH3 is 2. The van der Waals surface area contributed by atoms with Crippen molar-refractivity contribution in [1.82, 2.24) is 14.8 Å². The van der Waals surface area contributed by atoms with E-state index in [9.17, 15) is 9.59 Å². The van der Waals surface area contributed by atoms with Crippen molar-refractivity contribution in [1.29, 1.82) is 0 Å². The highest BCUT2D eigenvalue weighted by Crippen LogP contribution is 2.36. The van der Waals surface area contributed by atoms with E-state index in [0.717, 1.165) is 35.5 Å². The Bertz CT molecular complexity index is 1230. The highest BCUT2D eigenvalue weighted by Gasteiger charge is 2.35. The number of rotatable bonds is 10. The first-order chi connectivity index (χ1) is 19.6. The topological polar surface area (TPSA) is 83.9 Å². The van der Waals surface area contributed by atoms with Gasteiger partial charge in [-0.15, -0.1) is 0 Å². The molecule has 1 fully saturated rings. The van der Waals surface area contributed by atoms with E-state index >= 15 is 0 Å². The van der Waals surface area contributed by atoms with Gasteiger partial charge in [0.2, 0.25) is 5.91 Å². The summed E-state index contributed by atoms with van der Waals surface area (Å²) in [5.41, 5.74) is 3.52. The van der Waals surface area contributed by atoms with Crippen molar-refractivity contribution in [2.24, 2.45) is 10.5 Å². The Labute approximate surface area is 244 Å². The molecule has 0 radical (unpaired) electrons. The van der Waals surface area contributed by atoms with E-state index in [1.165, 1.54) is 0 Å². The van der Waals surface area contributed by atoms with Crippen LogP contribution < -0.4 is 9.47 Å². The van der Waals surface area contributed by atoms with E-state index in [1.807, 2.05) is 70.2 Å². The molecule has 222 valence electrons. The van der Waals surface area contributed by atoms with Crippen LogP contribution in [-0.2, 0) is 14.3 Å². The van der Waals surface area contributed by atoms with Gasteiger partial charge in [0.05, 0.1) is 39.2 Å². The Morgan fingerprint density at radius 3 is 2.39 bits per heavy atom. The number of carbonyl (C=O) groups is 2. The standard InChI is InChI=1S/C32H44N4O5/c1-23-7-9-24(10-8-23)28-20-27(26-12-11-25(39-5)19-29(26)40-6)33-36(28)31(38)22-35(30(37)21-32(2,3)4)14-13-34-15-17-41-18-16-34/h7-12,19,28H,13-18,20-22H2,1-6H3/t28-/m1/s1. The molecule has 9 heteroatoms. The average molecular weight is 565 g/mol. The van der Waals surface area contributed by atoms with Crippen molar-refractivity contribution in [2.45, 2.75) is 46.6 Å². The molecule has 4 rings (SSSR count). The van der Waals surface area contributed by atoms with Crippen LogP contribution in [0.5, 0.6) is 11.5 Å². The Hall–Kier alpha value is -3.43. The highest BCUT2D eigenvalue weighted by atomic mass is 16.5. The third-order valence-corrected chi connectivity index (χ3v) is 7.50. The molecule has 2 aromatic rings. The summed E-state index contributed by atoms with van der Waals surface area (Å²) in [6.07, 6.45) is 0.892. The summed E-state index contributed by atoms with van der Waals surface area (Å²) in [5, 5.41) is 6.42. The Morgan fingerprint density at radius 1 is 1.05 bits per heavy atom. The van der Waals surface area contributed by atoms with Crippen LogP contribution in [0.3, 0.4) is 0 Å². The van der Waals surface area contributed by atoms with Gasteiger partial charge in [0, 0.05) is 50.7 Å². The van der Waals surface area contributed by atoms with Gasteiger partial charge in [0.15, 0.2) is 0 Å². The van der Waals surface area contributed by atoms with E-state index in [-0.39, 0.29) is 29.8 Å². The molecule has 2 aliphatic heterocycles. The summed E-state index contributed by atoms with van der Waals surface area (Å²) in [6, 6.07) is 13.5. The zero-order valence-corrected chi connectivity index (χ0v) is 25.3. The second-order valence-corrected chi connectivity index (χ2v) is 12.0. The Kier molecular flexibility index (Phi) is 10.0. The maximum absolute atomic E-state index is 14.0. The lowest BCUT2D eigenvalue weighted by molar-refractivity contribution is -0.142. The van der Waals surface area contributed by atoms with Crippen LogP contribution in [-0.4, -0.2) is 92.5 Å². The molecule has 2 aliphatic rings. The maximum atomic E-state index is 14.0. The van der Waals surface area contributed by atoms with Gasteiger partial charge in [0.1, 0.15) is 18.0 Å². The van der Waals surface area contributed by atoms with Crippen molar-refractivity contribution in [2.75, 3.05) is 60.2 Å². The van der Waals surface area contributed by atoms with E-state index in [2.05, 4.69) is 4.90 Å². The smallest absolute Gasteiger partial charge is 0.262 e. The molecule has 0 unspecified atom stereocenters. The monoisotopic (exact) mass is 564 g/mol. The van der Waals surface area contributed by atoms with Gasteiger partial charge in [-0.05, 0) is 30.0 Å². The number of hydrazone groups is 1. The number of amides is 2. The van der Waals surface area contributed by atoms with E-state index in [1.54, 1.807) is 24.1 Å². The number of nitrogens with zero attached hydrogens (tertiary/aromatic N) is 4. The minimum atomic E-state index is -0.288. The summed E-state index contributed by atoms with van der Waals surface area (Å²) in [5.74, 6) is 1.08. The molecule has 1 saturated heterocycles. The molecule has 0 bridgehead atoms. The van der Waals surface area contributed by atoms with Crippen molar-refractivity contribution in [3.05, 3.63) is 59.2 Å². The molecule has 2 amide bonds. The fraction of sp³-hybridized carbons (Fsp3) is 0.531. The lowest BCUT2D eigenvalue weighted by Crippen LogP contribution is -2.47. The van der Waals surface area contributed by atoms with Crippen molar-refractivity contribution in [3.63, 3.8) is 0 Å². The second kappa shape index (κ2) is 13.5. The number of aryl methyl sites for hydroxylation is 1. The van der Waals surface area contributed by atoms with Crippen LogP contribution in [0.2, 0.25) is 0 Å². The number of ether oxygens (including phenoxy) is 3. The van der Waals surface area contributed by atoms with Crippen molar-refractivity contribution in [3.8, 4) is 11.5 Å². The zero-order valence-electron chi connectivity index (χ0n) is 25.3. The van der Waals surface area contributed by atoms with Gasteiger partial charge < -0.3 is 19.1 Å². The predicted octanol–water partition coefficient (Wildman–Crippen LogP) is 4.29. The molecule has 0 spiro atoms. The lowest BCUT2D eigenvalue weighted by atomic mass is 9.91. The third kappa shape index (κ3) is 8.07. The molecule has 9 nitrogen and oxygen atoms in total. The Morgan fingerprint density at radius 2 is 1.76 bits per heavy atom. The number of benzene rings is 2. The number of hydrogen-bond acceptors (Lipinski definition) is 7. The molecule has 1 atom stereocenters. The Balaban J connectivity index is 1.61. The third-order valence-electron chi connectivity index (χ3n) is 7.50. The molecule has 0 saturated carbocycles. The second-order valence-electron chi connectivity index (χ2n) is 12.0. The number of hydrogen-bond donors (Lipinski definition) is 0. The maximum Gasteiger partial charge on any atom is 0.262 e. The van der Waals surface area contributed by atoms with E-state index in [4.69, 9.17) is 19.3 Å². The molecule has 0 aromatic heterocycles. The first-order valence-corrected chi connectivity index (χ1v) is 14.3. The van der Waals surface area contributed by atoms with Crippen LogP contribution in [0.25, 0.3) is 0 Å². The van der Waals surface area contributed by atoms with Crippen molar-refractivity contribution < 1.29 is 23.8 Å². The zero-order chi connectivity index (χ0) is 29.6. The molecular weight excluding hydrogens is 520 g/mol. The number of morpholine rings is 1. The summed E-state index contributed by atoms with van der Waals surface area (Å²) >= 11 is 0. The normalized spacial score (nSPS) is 17.8. The van der Waals surface area contributed by atoms with Gasteiger partial charge in [-0.25, -0.2) is 5.01 Å². The van der Waals surface area contributed by atoms with Crippen LogP contribution in [0.4, 0.5) is 0 Å². The summed E-state index contributed by atoms with van der Waals surface area (Å²) in [6.45, 7) is 12.3. The van der Waals surface area contributed by atoms with E-state index in [0.29, 0.717) is 50.6 Å². The summed E-state index contributed by atoms with van der Waals surface area (Å²) in [7, 11) is 3.22. The average Bonchev–Trinajstić information content (AvgIpc) is 3.40. The van der Waals surface area contributed by atoms with Gasteiger partial charge in [0.25, 0.3) is 5.91 Å². The first-order valence-electron chi connectivity index (χ1n) is 14.3. The number of carbonyl (C=O) groups excluding carboxylic acids is 2. The summed E-state index contributed by atoms with van der Waals surface area (Å²) < 4.78 is 16.5. The predicted molar refractivity (Wildman–Crippen MR) is 159 cm³/mol. The van der Waals surface area contributed by atoms with Gasteiger partial charge >= 0.3 is 0 Å². The van der Waals surface area contributed by atoms with Crippen LogP contribution in [0.1, 0.15) is 56.3 Å². The fourth-order valence-corrected chi connectivity index (χ4v) is 5.17. The molecule has 0 aliphatic carbocycles. The molecule has 0 N–H and O–H groups in total. The van der Waals surface area contributed by atoms with Crippen LogP contribution >= 0.6 is 0 Å².